The SMILES string of the molecule is CN(C)CC1CCN(C2CCCC(N)(C(N)=O)C2)CC1. The summed E-state index contributed by atoms with van der Waals surface area (Å²) in [5.41, 5.74) is 10.9. The molecule has 1 saturated heterocycles. The van der Waals surface area contributed by atoms with Crippen LogP contribution in [-0.2, 0) is 4.79 Å². The van der Waals surface area contributed by atoms with Crippen molar-refractivity contribution >= 4 is 5.91 Å². The highest BCUT2D eigenvalue weighted by atomic mass is 16.1. The van der Waals surface area contributed by atoms with Crippen LogP contribution in [0.5, 0.6) is 0 Å². The molecule has 1 heterocycles. The van der Waals surface area contributed by atoms with E-state index in [4.69, 9.17) is 11.5 Å². The highest BCUT2D eigenvalue weighted by Crippen LogP contribution is 2.31. The zero-order valence-corrected chi connectivity index (χ0v) is 13.0. The molecule has 0 aromatic rings. The molecule has 20 heavy (non-hydrogen) atoms. The van der Waals surface area contributed by atoms with Gasteiger partial charge in [0.25, 0.3) is 0 Å². The largest absolute Gasteiger partial charge is 0.368 e. The van der Waals surface area contributed by atoms with Gasteiger partial charge in [-0.05, 0) is 71.6 Å². The third kappa shape index (κ3) is 3.71. The lowest BCUT2D eigenvalue weighted by Crippen LogP contribution is -2.59. The van der Waals surface area contributed by atoms with E-state index in [2.05, 4.69) is 23.9 Å². The molecule has 5 heteroatoms. The van der Waals surface area contributed by atoms with E-state index in [9.17, 15) is 4.79 Å². The molecule has 0 aromatic carbocycles. The van der Waals surface area contributed by atoms with Crippen LogP contribution in [0.1, 0.15) is 38.5 Å². The number of nitrogens with zero attached hydrogens (tertiary/aromatic N) is 2. The number of likely N-dealkylation sites (tertiary alicyclic amines) is 1. The number of hydrogen-bond acceptors (Lipinski definition) is 4. The van der Waals surface area contributed by atoms with Gasteiger partial charge in [0.05, 0.1) is 5.54 Å². The van der Waals surface area contributed by atoms with Crippen molar-refractivity contribution in [2.45, 2.75) is 50.1 Å². The number of piperidine rings is 1. The lowest BCUT2D eigenvalue weighted by molar-refractivity contribution is -0.125. The minimum atomic E-state index is -0.774. The first-order chi connectivity index (χ1) is 9.40. The predicted molar refractivity (Wildman–Crippen MR) is 81.2 cm³/mol. The molecule has 116 valence electrons. The summed E-state index contributed by atoms with van der Waals surface area (Å²) in [4.78, 5) is 16.4. The standard InChI is InChI=1S/C15H30N4O/c1-18(2)11-12-5-8-19(9-6-12)13-4-3-7-15(17,10-13)14(16)20/h12-13H,3-11,17H2,1-2H3,(H2,16,20). The molecular weight excluding hydrogens is 252 g/mol. The van der Waals surface area contributed by atoms with Gasteiger partial charge in [-0.25, -0.2) is 0 Å². The number of carbonyl (C=O) groups is 1. The topological polar surface area (TPSA) is 75.6 Å². The minimum Gasteiger partial charge on any atom is -0.368 e. The van der Waals surface area contributed by atoms with Crippen LogP contribution >= 0.6 is 0 Å². The van der Waals surface area contributed by atoms with Crippen molar-refractivity contribution < 1.29 is 4.79 Å². The second kappa shape index (κ2) is 6.41. The normalized spacial score (nSPS) is 33.5. The van der Waals surface area contributed by atoms with Crippen LogP contribution in [0.3, 0.4) is 0 Å². The molecule has 0 radical (unpaired) electrons. The van der Waals surface area contributed by atoms with E-state index < -0.39 is 5.54 Å². The molecule has 0 aromatic heterocycles. The lowest BCUT2D eigenvalue weighted by Gasteiger charge is -2.44. The number of primary amides is 1. The third-order valence-corrected chi connectivity index (χ3v) is 5.04. The number of rotatable bonds is 4. The molecule has 1 amide bonds. The summed E-state index contributed by atoms with van der Waals surface area (Å²) in [6, 6.07) is 0.446. The molecule has 5 nitrogen and oxygen atoms in total. The Morgan fingerprint density at radius 3 is 2.50 bits per heavy atom. The maximum atomic E-state index is 11.6. The van der Waals surface area contributed by atoms with Gasteiger partial charge < -0.3 is 21.3 Å². The average Bonchev–Trinajstić information content (AvgIpc) is 2.39. The van der Waals surface area contributed by atoms with Gasteiger partial charge in [-0.2, -0.15) is 0 Å². The smallest absolute Gasteiger partial charge is 0.237 e. The van der Waals surface area contributed by atoms with Gasteiger partial charge in [-0.15, -0.1) is 0 Å². The van der Waals surface area contributed by atoms with E-state index >= 15 is 0 Å². The molecule has 0 bridgehead atoms. The Bertz CT molecular complexity index is 339. The first-order valence-corrected chi connectivity index (χ1v) is 7.88. The zero-order chi connectivity index (χ0) is 14.8. The fraction of sp³-hybridized carbons (Fsp3) is 0.933. The van der Waals surface area contributed by atoms with E-state index in [0.717, 1.165) is 44.7 Å². The van der Waals surface area contributed by atoms with Gasteiger partial charge in [0.1, 0.15) is 0 Å². The van der Waals surface area contributed by atoms with Crippen molar-refractivity contribution in [3.63, 3.8) is 0 Å². The maximum Gasteiger partial charge on any atom is 0.237 e. The van der Waals surface area contributed by atoms with Crippen LogP contribution in [0.2, 0.25) is 0 Å². The predicted octanol–water partition coefficient (Wildman–Crippen LogP) is 0.385. The monoisotopic (exact) mass is 282 g/mol. The van der Waals surface area contributed by atoms with Crippen LogP contribution in [-0.4, -0.2) is 61.0 Å². The fourth-order valence-corrected chi connectivity index (χ4v) is 3.83. The van der Waals surface area contributed by atoms with E-state index in [0.29, 0.717) is 6.04 Å². The van der Waals surface area contributed by atoms with Crippen molar-refractivity contribution in [2.24, 2.45) is 17.4 Å². The van der Waals surface area contributed by atoms with Gasteiger partial charge in [-0.3, -0.25) is 4.79 Å². The second-order valence-corrected chi connectivity index (χ2v) is 7.01. The van der Waals surface area contributed by atoms with Crippen molar-refractivity contribution in [1.29, 1.82) is 0 Å². The van der Waals surface area contributed by atoms with Gasteiger partial charge >= 0.3 is 0 Å². The highest BCUT2D eigenvalue weighted by Gasteiger charge is 2.40. The quantitative estimate of drug-likeness (QED) is 0.782. The molecule has 2 rings (SSSR count). The molecule has 1 aliphatic heterocycles. The minimum absolute atomic E-state index is 0.329. The van der Waals surface area contributed by atoms with Crippen LogP contribution in [0.25, 0.3) is 0 Å². The van der Waals surface area contributed by atoms with Crippen LogP contribution < -0.4 is 11.5 Å². The van der Waals surface area contributed by atoms with Gasteiger partial charge in [-0.1, -0.05) is 0 Å². The molecule has 2 aliphatic rings. The van der Waals surface area contributed by atoms with Crippen molar-refractivity contribution in [3.05, 3.63) is 0 Å². The first-order valence-electron chi connectivity index (χ1n) is 7.88. The molecular formula is C15H30N4O. The summed E-state index contributed by atoms with van der Waals surface area (Å²) in [6.45, 7) is 3.46. The Kier molecular flexibility index (Phi) is 5.04. The Hall–Kier alpha value is -0.650. The molecule has 2 fully saturated rings. The number of hydrogen-bond donors (Lipinski definition) is 2. The van der Waals surface area contributed by atoms with Crippen molar-refractivity contribution in [3.8, 4) is 0 Å². The maximum absolute atomic E-state index is 11.6. The van der Waals surface area contributed by atoms with E-state index in [1.807, 2.05) is 0 Å². The second-order valence-electron chi connectivity index (χ2n) is 7.01. The van der Waals surface area contributed by atoms with E-state index in [1.165, 1.54) is 19.4 Å². The summed E-state index contributed by atoms with van der Waals surface area (Å²) in [7, 11) is 4.28. The average molecular weight is 282 g/mol. The van der Waals surface area contributed by atoms with Crippen LogP contribution in [0, 0.1) is 5.92 Å². The van der Waals surface area contributed by atoms with Crippen molar-refractivity contribution in [2.75, 3.05) is 33.7 Å². The van der Waals surface area contributed by atoms with E-state index in [1.54, 1.807) is 0 Å². The summed E-state index contributed by atoms with van der Waals surface area (Å²) < 4.78 is 0. The third-order valence-electron chi connectivity index (χ3n) is 5.04. The lowest BCUT2D eigenvalue weighted by atomic mass is 9.78. The molecule has 0 spiro atoms. The van der Waals surface area contributed by atoms with Gasteiger partial charge in [0, 0.05) is 12.6 Å². The molecule has 4 N–H and O–H groups in total. The molecule has 1 aliphatic carbocycles. The van der Waals surface area contributed by atoms with Crippen LogP contribution in [0.15, 0.2) is 0 Å². The molecule has 2 atom stereocenters. The van der Waals surface area contributed by atoms with Crippen LogP contribution in [0.4, 0.5) is 0 Å². The Balaban J connectivity index is 1.86. The summed E-state index contributed by atoms with van der Waals surface area (Å²) >= 11 is 0. The zero-order valence-electron chi connectivity index (χ0n) is 13.0. The first kappa shape index (κ1) is 15.7. The van der Waals surface area contributed by atoms with E-state index in [-0.39, 0.29) is 5.91 Å². The summed E-state index contributed by atoms with van der Waals surface area (Å²) in [6.07, 6.45) is 6.16. The van der Waals surface area contributed by atoms with Gasteiger partial charge in [0.2, 0.25) is 5.91 Å². The number of carbonyl (C=O) groups excluding carboxylic acids is 1. The summed E-state index contributed by atoms with van der Waals surface area (Å²) in [5, 5.41) is 0. The van der Waals surface area contributed by atoms with Crippen molar-refractivity contribution in [1.82, 2.24) is 9.80 Å². The number of amides is 1. The fourth-order valence-electron chi connectivity index (χ4n) is 3.83. The Labute approximate surface area is 122 Å². The Morgan fingerprint density at radius 2 is 1.95 bits per heavy atom. The highest BCUT2D eigenvalue weighted by molar-refractivity contribution is 5.84. The Morgan fingerprint density at radius 1 is 1.30 bits per heavy atom. The van der Waals surface area contributed by atoms with Gasteiger partial charge in [0.15, 0.2) is 0 Å². The molecule has 2 unspecified atom stereocenters. The molecule has 1 saturated carbocycles. The summed E-state index contributed by atoms with van der Waals surface area (Å²) in [5.74, 6) is 0.480. The number of nitrogens with two attached hydrogens (primary N) is 2.